The number of nitrogens with one attached hydrogen (secondary N) is 1. The first-order valence-electron chi connectivity index (χ1n) is 6.83. The minimum absolute atomic E-state index is 0.0362. The van der Waals surface area contributed by atoms with Crippen molar-refractivity contribution in [3.05, 3.63) is 28.4 Å². The van der Waals surface area contributed by atoms with Crippen LogP contribution in [-0.4, -0.2) is 40.0 Å². The molecule has 1 aliphatic carbocycles. The van der Waals surface area contributed by atoms with Crippen LogP contribution in [0, 0.1) is 10.1 Å². The molecule has 0 radical (unpaired) electrons. The molecule has 2 aliphatic rings. The van der Waals surface area contributed by atoms with Crippen LogP contribution in [0.1, 0.15) is 25.7 Å². The van der Waals surface area contributed by atoms with Gasteiger partial charge >= 0.3 is 0 Å². The van der Waals surface area contributed by atoms with Crippen molar-refractivity contribution in [1.29, 1.82) is 0 Å². The normalized spacial score (nSPS) is 21.3. The van der Waals surface area contributed by atoms with E-state index in [9.17, 15) is 10.1 Å². The van der Waals surface area contributed by atoms with E-state index < -0.39 is 4.92 Å². The average molecular weight is 262 g/mol. The van der Waals surface area contributed by atoms with Crippen LogP contribution in [0.4, 0.5) is 11.5 Å². The van der Waals surface area contributed by atoms with Gasteiger partial charge in [0.05, 0.1) is 4.92 Å². The molecular formula is C13H18N4O2. The van der Waals surface area contributed by atoms with Gasteiger partial charge in [0, 0.05) is 31.2 Å². The third-order valence-electron chi connectivity index (χ3n) is 3.90. The highest BCUT2D eigenvalue weighted by molar-refractivity contribution is 5.40. The Balaban J connectivity index is 1.52. The molecule has 1 N–H and O–H groups in total. The summed E-state index contributed by atoms with van der Waals surface area (Å²) in [5.74, 6) is 0.732. The van der Waals surface area contributed by atoms with Crippen LogP contribution in [0.2, 0.25) is 0 Å². The number of piperidine rings is 1. The number of aromatic nitrogens is 1. The number of nitro groups is 1. The van der Waals surface area contributed by atoms with Crippen LogP contribution in [-0.2, 0) is 0 Å². The van der Waals surface area contributed by atoms with E-state index in [1.54, 1.807) is 6.07 Å². The molecule has 0 bridgehead atoms. The minimum atomic E-state index is -0.426. The van der Waals surface area contributed by atoms with E-state index in [2.05, 4.69) is 15.2 Å². The standard InChI is InChI=1S/C13H18N4O2/c18-17(19)12-3-4-13(14-9-12)15-10-5-7-16(8-6-10)11-1-2-11/h3-4,9-11H,1-2,5-8H2,(H,14,15). The van der Waals surface area contributed by atoms with Gasteiger partial charge in [-0.2, -0.15) is 0 Å². The molecule has 0 unspecified atom stereocenters. The highest BCUT2D eigenvalue weighted by atomic mass is 16.6. The van der Waals surface area contributed by atoms with Crippen molar-refractivity contribution in [2.45, 2.75) is 37.8 Å². The van der Waals surface area contributed by atoms with Gasteiger partial charge in [-0.15, -0.1) is 0 Å². The van der Waals surface area contributed by atoms with Crippen molar-refractivity contribution >= 4 is 11.5 Å². The zero-order chi connectivity index (χ0) is 13.2. The van der Waals surface area contributed by atoms with Crippen molar-refractivity contribution in [1.82, 2.24) is 9.88 Å². The lowest BCUT2D eigenvalue weighted by Gasteiger charge is -2.32. The van der Waals surface area contributed by atoms with Crippen molar-refractivity contribution in [2.75, 3.05) is 18.4 Å². The monoisotopic (exact) mass is 262 g/mol. The largest absolute Gasteiger partial charge is 0.367 e. The average Bonchev–Trinajstić information content (AvgIpc) is 3.25. The molecule has 6 nitrogen and oxygen atoms in total. The van der Waals surface area contributed by atoms with Crippen molar-refractivity contribution < 1.29 is 4.92 Å². The highest BCUT2D eigenvalue weighted by Gasteiger charge is 2.31. The topological polar surface area (TPSA) is 71.3 Å². The molecule has 0 aromatic carbocycles. The quantitative estimate of drug-likeness (QED) is 0.664. The van der Waals surface area contributed by atoms with Gasteiger partial charge in [-0.1, -0.05) is 0 Å². The number of nitrogens with zero attached hydrogens (tertiary/aromatic N) is 3. The zero-order valence-corrected chi connectivity index (χ0v) is 10.8. The number of pyridine rings is 1. The SMILES string of the molecule is O=[N+]([O-])c1ccc(NC2CCN(C3CC3)CC2)nc1. The number of hydrogen-bond donors (Lipinski definition) is 1. The second kappa shape index (κ2) is 5.13. The lowest BCUT2D eigenvalue weighted by Crippen LogP contribution is -2.40. The molecule has 2 fully saturated rings. The van der Waals surface area contributed by atoms with Gasteiger partial charge < -0.3 is 10.2 Å². The van der Waals surface area contributed by atoms with Gasteiger partial charge in [0.2, 0.25) is 0 Å². The smallest absolute Gasteiger partial charge is 0.287 e. The molecule has 0 amide bonds. The molecular weight excluding hydrogens is 244 g/mol. The van der Waals surface area contributed by atoms with Crippen molar-refractivity contribution in [2.24, 2.45) is 0 Å². The number of rotatable bonds is 4. The Bertz CT molecular complexity index is 450. The Hall–Kier alpha value is -1.69. The molecule has 19 heavy (non-hydrogen) atoms. The van der Waals surface area contributed by atoms with E-state index in [0.717, 1.165) is 37.8 Å². The molecule has 1 aromatic heterocycles. The molecule has 0 atom stereocenters. The summed E-state index contributed by atoms with van der Waals surface area (Å²) in [5.41, 5.74) is 0.0362. The number of likely N-dealkylation sites (tertiary alicyclic amines) is 1. The summed E-state index contributed by atoms with van der Waals surface area (Å²) >= 11 is 0. The van der Waals surface area contributed by atoms with Crippen LogP contribution in [0.25, 0.3) is 0 Å². The Morgan fingerprint density at radius 1 is 1.26 bits per heavy atom. The molecule has 1 aliphatic heterocycles. The maximum Gasteiger partial charge on any atom is 0.287 e. The maximum atomic E-state index is 10.5. The van der Waals surface area contributed by atoms with Crippen LogP contribution >= 0.6 is 0 Å². The summed E-state index contributed by atoms with van der Waals surface area (Å²) in [6.45, 7) is 2.30. The summed E-state index contributed by atoms with van der Waals surface area (Å²) in [6.07, 6.45) is 6.27. The van der Waals surface area contributed by atoms with Gasteiger partial charge in [-0.25, -0.2) is 4.98 Å². The Morgan fingerprint density at radius 2 is 2.00 bits per heavy atom. The second-order valence-electron chi connectivity index (χ2n) is 5.34. The molecule has 1 saturated heterocycles. The van der Waals surface area contributed by atoms with Gasteiger partial charge in [0.15, 0.2) is 0 Å². The highest BCUT2D eigenvalue weighted by Crippen LogP contribution is 2.29. The number of hydrogen-bond acceptors (Lipinski definition) is 5. The lowest BCUT2D eigenvalue weighted by molar-refractivity contribution is -0.385. The summed E-state index contributed by atoms with van der Waals surface area (Å²) in [6, 6.07) is 4.46. The summed E-state index contributed by atoms with van der Waals surface area (Å²) in [5, 5.41) is 13.9. The van der Waals surface area contributed by atoms with E-state index in [1.165, 1.54) is 25.1 Å². The lowest BCUT2D eigenvalue weighted by atomic mass is 10.0. The van der Waals surface area contributed by atoms with E-state index in [1.807, 2.05) is 0 Å². The first kappa shape index (κ1) is 12.3. The van der Waals surface area contributed by atoms with E-state index in [4.69, 9.17) is 0 Å². The van der Waals surface area contributed by atoms with E-state index in [-0.39, 0.29) is 5.69 Å². The van der Waals surface area contributed by atoms with Crippen LogP contribution in [0.5, 0.6) is 0 Å². The van der Waals surface area contributed by atoms with Crippen molar-refractivity contribution in [3.8, 4) is 0 Å². The maximum absolute atomic E-state index is 10.5. The van der Waals surface area contributed by atoms with Crippen LogP contribution in [0.3, 0.4) is 0 Å². The second-order valence-corrected chi connectivity index (χ2v) is 5.34. The number of anilines is 1. The molecule has 1 saturated carbocycles. The molecule has 0 spiro atoms. The predicted molar refractivity (Wildman–Crippen MR) is 72.1 cm³/mol. The van der Waals surface area contributed by atoms with Gasteiger partial charge in [-0.3, -0.25) is 10.1 Å². The van der Waals surface area contributed by atoms with Gasteiger partial charge in [0.1, 0.15) is 12.0 Å². The Kier molecular flexibility index (Phi) is 3.33. The molecule has 6 heteroatoms. The first-order chi connectivity index (χ1) is 9.22. The third kappa shape index (κ3) is 3.01. The molecule has 2 heterocycles. The molecule has 3 rings (SSSR count). The molecule has 1 aromatic rings. The predicted octanol–water partition coefficient (Wildman–Crippen LogP) is 2.03. The Labute approximate surface area is 112 Å². The van der Waals surface area contributed by atoms with Crippen molar-refractivity contribution in [3.63, 3.8) is 0 Å². The summed E-state index contributed by atoms with van der Waals surface area (Å²) < 4.78 is 0. The van der Waals surface area contributed by atoms with E-state index >= 15 is 0 Å². The first-order valence-corrected chi connectivity index (χ1v) is 6.83. The van der Waals surface area contributed by atoms with Gasteiger partial charge in [-0.05, 0) is 31.7 Å². The fraction of sp³-hybridized carbons (Fsp3) is 0.615. The summed E-state index contributed by atoms with van der Waals surface area (Å²) in [7, 11) is 0. The molecule has 102 valence electrons. The fourth-order valence-electron chi connectivity index (χ4n) is 2.64. The van der Waals surface area contributed by atoms with E-state index in [0.29, 0.717) is 6.04 Å². The van der Waals surface area contributed by atoms with Crippen LogP contribution in [0.15, 0.2) is 18.3 Å². The zero-order valence-electron chi connectivity index (χ0n) is 10.8. The fourth-order valence-corrected chi connectivity index (χ4v) is 2.64. The summed E-state index contributed by atoms with van der Waals surface area (Å²) in [4.78, 5) is 16.8. The minimum Gasteiger partial charge on any atom is -0.367 e. The third-order valence-corrected chi connectivity index (χ3v) is 3.90. The van der Waals surface area contributed by atoms with Gasteiger partial charge in [0.25, 0.3) is 5.69 Å². The van der Waals surface area contributed by atoms with Crippen LogP contribution < -0.4 is 5.32 Å². The Morgan fingerprint density at radius 3 is 2.53 bits per heavy atom.